The van der Waals surface area contributed by atoms with Crippen LogP contribution in [0, 0.1) is 0 Å². The van der Waals surface area contributed by atoms with Crippen LogP contribution in [-0.4, -0.2) is 40.0 Å². The lowest BCUT2D eigenvalue weighted by Crippen LogP contribution is -2.47. The number of rotatable bonds is 8. The van der Waals surface area contributed by atoms with Crippen LogP contribution < -0.4 is 5.32 Å². The smallest absolute Gasteiger partial charge is 0.328 e. The molecule has 0 spiro atoms. The van der Waals surface area contributed by atoms with Gasteiger partial charge in [-0.15, -0.1) is 11.8 Å². The van der Waals surface area contributed by atoms with Crippen LogP contribution in [0.25, 0.3) is 0 Å². The summed E-state index contributed by atoms with van der Waals surface area (Å²) >= 11 is 7.38. The minimum Gasteiger partial charge on any atom is -0.480 e. The molecule has 116 valence electrons. The largest absolute Gasteiger partial charge is 0.480 e. The van der Waals surface area contributed by atoms with Crippen molar-refractivity contribution in [1.82, 2.24) is 5.32 Å². The number of nitrogens with one attached hydrogen (secondary N) is 1. The molecule has 0 saturated carbocycles. The van der Waals surface area contributed by atoms with Crippen molar-refractivity contribution in [2.24, 2.45) is 0 Å². The minimum absolute atomic E-state index is 0.219. The summed E-state index contributed by atoms with van der Waals surface area (Å²) in [5.74, 6) is -0.879. The van der Waals surface area contributed by atoms with E-state index in [1.165, 1.54) is 6.92 Å². The molecule has 7 heteroatoms. The van der Waals surface area contributed by atoms with Gasteiger partial charge >= 0.3 is 5.97 Å². The van der Waals surface area contributed by atoms with Gasteiger partial charge < -0.3 is 15.5 Å². The molecule has 3 N–H and O–H groups in total. The van der Waals surface area contributed by atoms with E-state index in [2.05, 4.69) is 5.32 Å². The van der Waals surface area contributed by atoms with E-state index in [9.17, 15) is 14.7 Å². The summed E-state index contributed by atoms with van der Waals surface area (Å²) in [5, 5.41) is 21.1. The Balaban J connectivity index is 2.27. The second-order valence-electron chi connectivity index (χ2n) is 4.53. The van der Waals surface area contributed by atoms with Crippen LogP contribution in [0.15, 0.2) is 29.2 Å². The zero-order valence-electron chi connectivity index (χ0n) is 11.6. The maximum Gasteiger partial charge on any atom is 0.328 e. The van der Waals surface area contributed by atoms with Crippen LogP contribution in [0.1, 0.15) is 19.8 Å². The first kappa shape index (κ1) is 17.8. The lowest BCUT2D eigenvalue weighted by molar-refractivity contribution is -0.144. The highest BCUT2D eigenvalue weighted by molar-refractivity contribution is 7.99. The maximum absolute atomic E-state index is 11.6. The van der Waals surface area contributed by atoms with Crippen LogP contribution in [0.5, 0.6) is 0 Å². The zero-order valence-corrected chi connectivity index (χ0v) is 13.2. The van der Waals surface area contributed by atoms with Gasteiger partial charge in [-0.25, -0.2) is 4.79 Å². The summed E-state index contributed by atoms with van der Waals surface area (Å²) < 4.78 is 0. The second-order valence-corrected chi connectivity index (χ2v) is 6.13. The van der Waals surface area contributed by atoms with E-state index in [1.807, 2.05) is 12.1 Å². The van der Waals surface area contributed by atoms with Gasteiger partial charge in [0.1, 0.15) is 0 Å². The Labute approximate surface area is 132 Å². The fourth-order valence-corrected chi connectivity index (χ4v) is 2.57. The lowest BCUT2D eigenvalue weighted by atomic mass is 10.2. The molecule has 0 bridgehead atoms. The number of carbonyl (C=O) groups is 2. The average Bonchev–Trinajstić information content (AvgIpc) is 2.42. The van der Waals surface area contributed by atoms with Gasteiger partial charge in [-0.1, -0.05) is 11.6 Å². The van der Waals surface area contributed by atoms with E-state index in [-0.39, 0.29) is 12.3 Å². The molecule has 5 nitrogen and oxygen atoms in total. The monoisotopic (exact) mass is 331 g/mol. The van der Waals surface area contributed by atoms with Gasteiger partial charge in [-0.3, -0.25) is 4.79 Å². The number of hydrogen-bond donors (Lipinski definition) is 3. The number of carboxylic acid groups (broad SMARTS) is 1. The Bertz CT molecular complexity index is 478. The normalized spacial score (nSPS) is 13.5. The molecule has 1 amide bonds. The van der Waals surface area contributed by atoms with Crippen molar-refractivity contribution in [3.8, 4) is 0 Å². The standard InChI is InChI=1S/C14H18ClNO4S/c1-9(17)13(14(19)20)16-12(18)3-2-8-21-11-6-4-10(15)5-7-11/h4-7,9,13,17H,2-3,8H2,1H3,(H,16,18)(H,19,20). The van der Waals surface area contributed by atoms with Crippen molar-refractivity contribution in [3.63, 3.8) is 0 Å². The summed E-state index contributed by atoms with van der Waals surface area (Å²) in [6.07, 6.45) is -0.294. The van der Waals surface area contributed by atoms with E-state index < -0.39 is 18.1 Å². The van der Waals surface area contributed by atoms with Crippen LogP contribution >= 0.6 is 23.4 Å². The van der Waals surface area contributed by atoms with Crippen molar-refractivity contribution in [3.05, 3.63) is 29.3 Å². The van der Waals surface area contributed by atoms with Crippen molar-refractivity contribution in [2.45, 2.75) is 36.8 Å². The molecule has 1 aromatic rings. The predicted octanol–water partition coefficient (Wildman–Crippen LogP) is 2.16. The van der Waals surface area contributed by atoms with Crippen LogP contribution in [0.4, 0.5) is 0 Å². The van der Waals surface area contributed by atoms with Crippen molar-refractivity contribution in [1.29, 1.82) is 0 Å². The third kappa shape index (κ3) is 6.84. The van der Waals surface area contributed by atoms with E-state index in [1.54, 1.807) is 23.9 Å². The van der Waals surface area contributed by atoms with E-state index in [0.29, 0.717) is 11.4 Å². The zero-order chi connectivity index (χ0) is 15.8. The third-order valence-electron chi connectivity index (χ3n) is 2.70. The number of aliphatic hydroxyl groups excluding tert-OH is 1. The summed E-state index contributed by atoms with van der Waals surface area (Å²) in [6.45, 7) is 1.33. The Morgan fingerprint density at radius 3 is 2.48 bits per heavy atom. The Hall–Kier alpha value is -1.24. The molecular formula is C14H18ClNO4S. The number of thioether (sulfide) groups is 1. The molecule has 0 aliphatic heterocycles. The van der Waals surface area contributed by atoms with Gasteiger partial charge in [-0.2, -0.15) is 0 Å². The third-order valence-corrected chi connectivity index (χ3v) is 4.05. The molecule has 0 aliphatic rings. The number of benzene rings is 1. The van der Waals surface area contributed by atoms with Gasteiger partial charge in [0.25, 0.3) is 0 Å². The number of carboxylic acids is 1. The quantitative estimate of drug-likeness (QED) is 0.502. The molecule has 1 aromatic carbocycles. The Morgan fingerprint density at radius 2 is 1.95 bits per heavy atom. The first-order chi connectivity index (χ1) is 9.90. The molecule has 0 radical (unpaired) electrons. The van der Waals surface area contributed by atoms with Crippen molar-refractivity contribution >= 4 is 35.2 Å². The number of aliphatic carboxylic acids is 1. The number of aliphatic hydroxyl groups is 1. The molecule has 0 aliphatic carbocycles. The summed E-state index contributed by atoms with van der Waals surface area (Å²) in [5.41, 5.74) is 0. The number of halogens is 1. The topological polar surface area (TPSA) is 86.6 Å². The fraction of sp³-hybridized carbons (Fsp3) is 0.429. The molecule has 21 heavy (non-hydrogen) atoms. The molecule has 0 aromatic heterocycles. The highest BCUT2D eigenvalue weighted by Gasteiger charge is 2.24. The van der Waals surface area contributed by atoms with Gasteiger partial charge in [0.05, 0.1) is 6.10 Å². The van der Waals surface area contributed by atoms with Gasteiger partial charge in [0.2, 0.25) is 5.91 Å². The summed E-state index contributed by atoms with van der Waals surface area (Å²) in [6, 6.07) is 6.15. The number of amides is 1. The summed E-state index contributed by atoms with van der Waals surface area (Å²) in [4.78, 5) is 23.5. The first-order valence-electron chi connectivity index (χ1n) is 6.48. The highest BCUT2D eigenvalue weighted by Crippen LogP contribution is 2.21. The van der Waals surface area contributed by atoms with Crippen LogP contribution in [0.2, 0.25) is 5.02 Å². The van der Waals surface area contributed by atoms with Gasteiger partial charge in [0, 0.05) is 16.3 Å². The second kappa shape index (κ2) is 8.92. The van der Waals surface area contributed by atoms with Crippen LogP contribution in [0.3, 0.4) is 0 Å². The molecule has 0 saturated heterocycles. The van der Waals surface area contributed by atoms with Gasteiger partial charge in [-0.05, 0) is 43.4 Å². The van der Waals surface area contributed by atoms with Crippen molar-refractivity contribution in [2.75, 3.05) is 5.75 Å². The molecule has 0 heterocycles. The lowest BCUT2D eigenvalue weighted by Gasteiger charge is -2.16. The number of hydrogen-bond acceptors (Lipinski definition) is 4. The molecular weight excluding hydrogens is 314 g/mol. The van der Waals surface area contributed by atoms with Crippen molar-refractivity contribution < 1.29 is 19.8 Å². The van der Waals surface area contributed by atoms with Crippen LogP contribution in [-0.2, 0) is 9.59 Å². The molecule has 2 unspecified atom stereocenters. The molecule has 1 rings (SSSR count). The highest BCUT2D eigenvalue weighted by atomic mass is 35.5. The maximum atomic E-state index is 11.6. The number of carbonyl (C=O) groups excluding carboxylic acids is 1. The minimum atomic E-state index is -1.26. The summed E-state index contributed by atoms with van der Waals surface area (Å²) in [7, 11) is 0. The fourth-order valence-electron chi connectivity index (χ4n) is 1.59. The SMILES string of the molecule is CC(O)C(NC(=O)CCCSc1ccc(Cl)cc1)C(=O)O. The van der Waals surface area contributed by atoms with Gasteiger partial charge in [0.15, 0.2) is 6.04 Å². The molecule has 2 atom stereocenters. The average molecular weight is 332 g/mol. The van der Waals surface area contributed by atoms with E-state index in [0.717, 1.165) is 10.6 Å². The Morgan fingerprint density at radius 1 is 1.33 bits per heavy atom. The first-order valence-corrected chi connectivity index (χ1v) is 7.85. The molecule has 0 fully saturated rings. The van der Waals surface area contributed by atoms with E-state index >= 15 is 0 Å². The van der Waals surface area contributed by atoms with E-state index in [4.69, 9.17) is 16.7 Å². The predicted molar refractivity (Wildman–Crippen MR) is 82.7 cm³/mol. The Kier molecular flexibility index (Phi) is 7.56.